The summed E-state index contributed by atoms with van der Waals surface area (Å²) in [5.41, 5.74) is 1.45. The third-order valence-electron chi connectivity index (χ3n) is 2.74. The normalized spacial score (nSPS) is 13.3. The van der Waals surface area contributed by atoms with Crippen LogP contribution in [0.2, 0.25) is 0 Å². The van der Waals surface area contributed by atoms with Crippen LogP contribution in [0.3, 0.4) is 0 Å². The highest BCUT2D eigenvalue weighted by molar-refractivity contribution is 7.99. The highest BCUT2D eigenvalue weighted by Gasteiger charge is 2.12. The number of hydrogen-bond donors (Lipinski definition) is 2. The van der Waals surface area contributed by atoms with E-state index in [4.69, 9.17) is 14.9 Å². The molecular formula is C15H24O3S. The number of thioether (sulfide) groups is 1. The fourth-order valence-electron chi connectivity index (χ4n) is 1.54. The smallest absolute Gasteiger partial charge is 0.119 e. The van der Waals surface area contributed by atoms with Gasteiger partial charge in [0.1, 0.15) is 5.75 Å². The van der Waals surface area contributed by atoms with Crippen molar-refractivity contribution in [1.82, 2.24) is 0 Å². The Kier molecular flexibility index (Phi) is 6.69. The van der Waals surface area contributed by atoms with E-state index < -0.39 is 6.10 Å². The molecule has 108 valence electrons. The first-order valence-electron chi connectivity index (χ1n) is 6.53. The van der Waals surface area contributed by atoms with E-state index in [1.54, 1.807) is 11.8 Å². The van der Waals surface area contributed by atoms with Crippen molar-refractivity contribution in [1.29, 1.82) is 0 Å². The van der Waals surface area contributed by atoms with Crippen molar-refractivity contribution in [3.63, 3.8) is 0 Å². The molecule has 1 atom stereocenters. The molecule has 2 N–H and O–H groups in total. The van der Waals surface area contributed by atoms with Gasteiger partial charge in [-0.3, -0.25) is 0 Å². The van der Waals surface area contributed by atoms with Gasteiger partial charge >= 0.3 is 0 Å². The molecule has 0 spiro atoms. The van der Waals surface area contributed by atoms with Crippen molar-refractivity contribution in [2.75, 3.05) is 24.7 Å². The van der Waals surface area contributed by atoms with E-state index in [1.165, 1.54) is 5.56 Å². The molecule has 0 fully saturated rings. The van der Waals surface area contributed by atoms with Gasteiger partial charge in [0, 0.05) is 11.5 Å². The maximum atomic E-state index is 9.17. The summed E-state index contributed by atoms with van der Waals surface area (Å²) < 4.78 is 5.62. The third-order valence-corrected chi connectivity index (χ3v) is 3.81. The van der Waals surface area contributed by atoms with Gasteiger partial charge < -0.3 is 14.9 Å². The Morgan fingerprint density at radius 1 is 1.21 bits per heavy atom. The fourth-order valence-corrected chi connectivity index (χ4v) is 2.29. The van der Waals surface area contributed by atoms with Crippen molar-refractivity contribution in [2.24, 2.45) is 0 Å². The topological polar surface area (TPSA) is 49.7 Å². The van der Waals surface area contributed by atoms with Crippen LogP contribution in [0.4, 0.5) is 0 Å². The molecule has 0 aromatic heterocycles. The van der Waals surface area contributed by atoms with Gasteiger partial charge in [0.25, 0.3) is 0 Å². The Labute approximate surface area is 120 Å². The first-order valence-corrected chi connectivity index (χ1v) is 7.69. The van der Waals surface area contributed by atoms with Gasteiger partial charge in [-0.25, -0.2) is 0 Å². The van der Waals surface area contributed by atoms with Crippen molar-refractivity contribution in [3.05, 3.63) is 29.8 Å². The van der Waals surface area contributed by atoms with Gasteiger partial charge in [0.05, 0.1) is 19.3 Å². The van der Waals surface area contributed by atoms with Gasteiger partial charge in [-0.05, 0) is 23.1 Å². The summed E-state index contributed by atoms with van der Waals surface area (Å²) in [6.45, 7) is 6.99. The Morgan fingerprint density at radius 2 is 1.84 bits per heavy atom. The molecular weight excluding hydrogens is 260 g/mol. The molecule has 1 aromatic carbocycles. The summed E-state index contributed by atoms with van der Waals surface area (Å²) in [5.74, 6) is 2.22. The largest absolute Gasteiger partial charge is 0.493 e. The lowest BCUT2D eigenvalue weighted by atomic mass is 9.87. The third kappa shape index (κ3) is 6.32. The van der Waals surface area contributed by atoms with Gasteiger partial charge in [-0.15, -0.1) is 0 Å². The van der Waals surface area contributed by atoms with Crippen molar-refractivity contribution in [3.8, 4) is 5.75 Å². The molecule has 0 aliphatic carbocycles. The van der Waals surface area contributed by atoms with E-state index in [-0.39, 0.29) is 12.0 Å². The summed E-state index contributed by atoms with van der Waals surface area (Å²) in [5, 5.41) is 17.8. The van der Waals surface area contributed by atoms with Crippen LogP contribution in [0.1, 0.15) is 26.3 Å². The number of hydrogen-bond acceptors (Lipinski definition) is 4. The van der Waals surface area contributed by atoms with E-state index in [0.717, 1.165) is 11.5 Å². The number of aliphatic hydroxyl groups excluding tert-OH is 2. The maximum absolute atomic E-state index is 9.17. The molecule has 1 rings (SSSR count). The summed E-state index contributed by atoms with van der Waals surface area (Å²) in [4.78, 5) is 0. The quantitative estimate of drug-likeness (QED) is 0.755. The van der Waals surface area contributed by atoms with Gasteiger partial charge in [0.15, 0.2) is 0 Å². The van der Waals surface area contributed by atoms with Gasteiger partial charge in [-0.1, -0.05) is 32.9 Å². The van der Waals surface area contributed by atoms with E-state index in [9.17, 15) is 0 Å². The van der Waals surface area contributed by atoms with Crippen molar-refractivity contribution >= 4 is 11.8 Å². The average Bonchev–Trinajstić information content (AvgIpc) is 2.37. The molecule has 0 amide bonds. The fraction of sp³-hybridized carbons (Fsp3) is 0.600. The molecule has 19 heavy (non-hydrogen) atoms. The van der Waals surface area contributed by atoms with Crippen LogP contribution in [0.15, 0.2) is 24.3 Å². The minimum absolute atomic E-state index is 0.162. The molecule has 0 heterocycles. The Morgan fingerprint density at radius 3 is 2.37 bits per heavy atom. The second-order valence-corrected chi connectivity index (χ2v) is 6.68. The summed E-state index contributed by atoms with van der Waals surface area (Å²) in [6, 6.07) is 8.18. The first-order chi connectivity index (χ1) is 8.93. The molecule has 0 bridgehead atoms. The molecule has 0 aliphatic rings. The summed E-state index contributed by atoms with van der Waals surface area (Å²) in [7, 11) is 0. The predicted octanol–water partition coefficient (Wildman–Crippen LogP) is 2.45. The predicted molar refractivity (Wildman–Crippen MR) is 81.1 cm³/mol. The molecule has 1 unspecified atom stereocenters. The van der Waals surface area contributed by atoms with Crippen LogP contribution in [0.5, 0.6) is 5.75 Å². The number of ether oxygens (including phenoxy) is 1. The van der Waals surface area contributed by atoms with Crippen LogP contribution >= 0.6 is 11.8 Å². The minimum atomic E-state index is -0.629. The molecule has 0 saturated heterocycles. The monoisotopic (exact) mass is 284 g/mol. The van der Waals surface area contributed by atoms with E-state index in [1.807, 2.05) is 12.1 Å². The molecule has 0 aliphatic heterocycles. The molecule has 4 heteroatoms. The van der Waals surface area contributed by atoms with Crippen LogP contribution in [0, 0.1) is 0 Å². The first kappa shape index (κ1) is 16.3. The molecule has 0 saturated carbocycles. The maximum Gasteiger partial charge on any atom is 0.119 e. The minimum Gasteiger partial charge on any atom is -0.493 e. The lowest BCUT2D eigenvalue weighted by Gasteiger charge is -2.19. The summed E-state index contributed by atoms with van der Waals surface area (Å²) in [6.07, 6.45) is -0.629. The highest BCUT2D eigenvalue weighted by Crippen LogP contribution is 2.24. The Bertz CT molecular complexity index is 357. The average molecular weight is 284 g/mol. The van der Waals surface area contributed by atoms with Crippen LogP contribution in [-0.4, -0.2) is 41.0 Å². The van der Waals surface area contributed by atoms with Crippen LogP contribution < -0.4 is 4.74 Å². The zero-order chi connectivity index (χ0) is 14.3. The Balaban J connectivity index is 2.27. The van der Waals surface area contributed by atoms with Gasteiger partial charge in [0.2, 0.25) is 0 Å². The van der Waals surface area contributed by atoms with E-state index >= 15 is 0 Å². The number of rotatable bonds is 7. The summed E-state index contributed by atoms with van der Waals surface area (Å²) >= 11 is 1.58. The lowest BCUT2D eigenvalue weighted by Crippen LogP contribution is -2.15. The zero-order valence-corrected chi connectivity index (χ0v) is 12.7. The standard InChI is InChI=1S/C15H24O3S/c1-15(2,3)12-4-6-14(7-5-12)18-8-9-19-11-13(17)10-16/h4-7,13,16-17H,8-11H2,1-3H3. The van der Waals surface area contributed by atoms with Crippen molar-refractivity contribution < 1.29 is 14.9 Å². The molecule has 0 radical (unpaired) electrons. The van der Waals surface area contributed by atoms with Crippen LogP contribution in [0.25, 0.3) is 0 Å². The van der Waals surface area contributed by atoms with E-state index in [2.05, 4.69) is 32.9 Å². The second kappa shape index (κ2) is 7.78. The number of benzene rings is 1. The lowest BCUT2D eigenvalue weighted by molar-refractivity contribution is 0.113. The SMILES string of the molecule is CC(C)(C)c1ccc(OCCSCC(O)CO)cc1. The highest BCUT2D eigenvalue weighted by atomic mass is 32.2. The second-order valence-electron chi connectivity index (χ2n) is 5.53. The molecule has 1 aromatic rings. The van der Waals surface area contributed by atoms with Gasteiger partial charge in [-0.2, -0.15) is 11.8 Å². The zero-order valence-electron chi connectivity index (χ0n) is 11.9. The van der Waals surface area contributed by atoms with E-state index in [0.29, 0.717) is 12.4 Å². The van der Waals surface area contributed by atoms with Crippen molar-refractivity contribution in [2.45, 2.75) is 32.3 Å². The number of aliphatic hydroxyl groups is 2. The van der Waals surface area contributed by atoms with Crippen LogP contribution in [-0.2, 0) is 5.41 Å². The molecule has 3 nitrogen and oxygen atoms in total. The Hall–Kier alpha value is -0.710.